The highest BCUT2D eigenvalue weighted by atomic mass is 35.5. The van der Waals surface area contributed by atoms with E-state index in [9.17, 15) is 4.79 Å². The molecule has 0 amide bonds. The summed E-state index contributed by atoms with van der Waals surface area (Å²) >= 11 is 6.00. The number of benzene rings is 2. The number of aromatic nitrogens is 5. The summed E-state index contributed by atoms with van der Waals surface area (Å²) in [4.78, 5) is 17.1. The van der Waals surface area contributed by atoms with Crippen LogP contribution in [-0.2, 0) is 6.54 Å². The SMILES string of the molecule is Cc1ccc(-n2nnc3c(=O)n(Cc4cccc(Cl)c4)cnc32)cc1. The fraction of sp³-hybridized carbons (Fsp3) is 0.111. The number of hydrogen-bond donors (Lipinski definition) is 0. The number of aryl methyl sites for hydroxylation is 1. The summed E-state index contributed by atoms with van der Waals surface area (Å²) in [6.45, 7) is 2.38. The van der Waals surface area contributed by atoms with Crippen molar-refractivity contribution in [1.82, 2.24) is 24.5 Å². The minimum atomic E-state index is -0.233. The van der Waals surface area contributed by atoms with E-state index in [0.29, 0.717) is 17.2 Å². The molecule has 0 aliphatic heterocycles. The highest BCUT2D eigenvalue weighted by Crippen LogP contribution is 2.14. The molecule has 0 aliphatic carbocycles. The Balaban J connectivity index is 1.77. The molecule has 124 valence electrons. The molecule has 6 nitrogen and oxygen atoms in total. The minimum absolute atomic E-state index is 0.233. The molecular formula is C18H14ClN5O. The van der Waals surface area contributed by atoms with E-state index in [4.69, 9.17) is 11.6 Å². The Hall–Kier alpha value is -2.99. The first-order chi connectivity index (χ1) is 12.1. The summed E-state index contributed by atoms with van der Waals surface area (Å²) in [6, 6.07) is 15.2. The second kappa shape index (κ2) is 6.14. The van der Waals surface area contributed by atoms with Crippen LogP contribution >= 0.6 is 11.6 Å². The van der Waals surface area contributed by atoms with Gasteiger partial charge in [-0.05, 0) is 36.8 Å². The maximum Gasteiger partial charge on any atom is 0.283 e. The van der Waals surface area contributed by atoms with Gasteiger partial charge in [-0.15, -0.1) is 5.10 Å². The van der Waals surface area contributed by atoms with Gasteiger partial charge in [-0.1, -0.05) is 46.6 Å². The Bertz CT molecular complexity index is 1110. The summed E-state index contributed by atoms with van der Waals surface area (Å²) in [5.74, 6) is 0. The lowest BCUT2D eigenvalue weighted by molar-refractivity contribution is 0.745. The van der Waals surface area contributed by atoms with Crippen molar-refractivity contribution in [3.8, 4) is 5.69 Å². The molecule has 0 saturated carbocycles. The summed E-state index contributed by atoms with van der Waals surface area (Å²) in [5.41, 5.74) is 3.32. The van der Waals surface area contributed by atoms with Crippen molar-refractivity contribution in [3.05, 3.63) is 81.4 Å². The zero-order valence-corrected chi connectivity index (χ0v) is 14.2. The van der Waals surface area contributed by atoms with Gasteiger partial charge in [0.05, 0.1) is 12.2 Å². The molecule has 0 N–H and O–H groups in total. The molecule has 2 aromatic heterocycles. The third-order valence-corrected chi connectivity index (χ3v) is 4.19. The molecule has 0 bridgehead atoms. The van der Waals surface area contributed by atoms with Crippen molar-refractivity contribution in [2.45, 2.75) is 13.5 Å². The van der Waals surface area contributed by atoms with E-state index in [1.165, 1.54) is 10.9 Å². The Morgan fingerprint density at radius 1 is 1.12 bits per heavy atom. The van der Waals surface area contributed by atoms with Crippen LogP contribution in [-0.4, -0.2) is 24.5 Å². The average Bonchev–Trinajstić information content (AvgIpc) is 3.03. The van der Waals surface area contributed by atoms with E-state index in [0.717, 1.165) is 16.8 Å². The molecule has 0 spiro atoms. The maximum absolute atomic E-state index is 12.7. The van der Waals surface area contributed by atoms with Gasteiger partial charge in [0.2, 0.25) is 0 Å². The molecule has 0 atom stereocenters. The lowest BCUT2D eigenvalue weighted by atomic mass is 10.2. The first-order valence-electron chi connectivity index (χ1n) is 7.74. The van der Waals surface area contributed by atoms with E-state index >= 15 is 0 Å². The Morgan fingerprint density at radius 2 is 1.92 bits per heavy atom. The Morgan fingerprint density at radius 3 is 2.68 bits per heavy atom. The van der Waals surface area contributed by atoms with Gasteiger partial charge in [0.25, 0.3) is 5.56 Å². The fourth-order valence-electron chi connectivity index (χ4n) is 2.65. The van der Waals surface area contributed by atoms with Crippen LogP contribution in [0.15, 0.2) is 59.7 Å². The number of rotatable bonds is 3. The fourth-order valence-corrected chi connectivity index (χ4v) is 2.86. The van der Waals surface area contributed by atoms with E-state index in [2.05, 4.69) is 15.3 Å². The van der Waals surface area contributed by atoms with E-state index < -0.39 is 0 Å². The van der Waals surface area contributed by atoms with Crippen LogP contribution in [0.25, 0.3) is 16.9 Å². The van der Waals surface area contributed by atoms with Gasteiger partial charge in [0, 0.05) is 5.02 Å². The number of halogens is 1. The normalized spacial score (nSPS) is 11.1. The van der Waals surface area contributed by atoms with Gasteiger partial charge in [-0.25, -0.2) is 4.98 Å². The summed E-state index contributed by atoms with van der Waals surface area (Å²) in [5, 5.41) is 8.75. The quantitative estimate of drug-likeness (QED) is 0.569. The zero-order chi connectivity index (χ0) is 17.4. The van der Waals surface area contributed by atoms with Gasteiger partial charge in [0.15, 0.2) is 11.2 Å². The van der Waals surface area contributed by atoms with Crippen LogP contribution in [0.3, 0.4) is 0 Å². The Labute approximate surface area is 148 Å². The molecule has 0 saturated heterocycles. The predicted octanol–water partition coefficient (Wildman–Crippen LogP) is 2.99. The summed E-state index contributed by atoms with van der Waals surface area (Å²) in [7, 11) is 0. The molecule has 4 aromatic rings. The molecule has 25 heavy (non-hydrogen) atoms. The van der Waals surface area contributed by atoms with Crippen LogP contribution in [0, 0.1) is 6.92 Å². The molecule has 0 radical (unpaired) electrons. The summed E-state index contributed by atoms with van der Waals surface area (Å²) < 4.78 is 3.07. The number of hydrogen-bond acceptors (Lipinski definition) is 4. The minimum Gasteiger partial charge on any atom is -0.293 e. The molecule has 0 unspecified atom stereocenters. The lowest BCUT2D eigenvalue weighted by Crippen LogP contribution is -2.21. The molecule has 2 aromatic carbocycles. The molecule has 7 heteroatoms. The highest BCUT2D eigenvalue weighted by Gasteiger charge is 2.13. The van der Waals surface area contributed by atoms with Crippen LogP contribution in [0.2, 0.25) is 5.02 Å². The van der Waals surface area contributed by atoms with Crippen LogP contribution in [0.5, 0.6) is 0 Å². The van der Waals surface area contributed by atoms with E-state index in [1.807, 2.05) is 49.4 Å². The largest absolute Gasteiger partial charge is 0.293 e. The monoisotopic (exact) mass is 351 g/mol. The second-order valence-electron chi connectivity index (χ2n) is 5.82. The molecule has 0 fully saturated rings. The van der Waals surface area contributed by atoms with Gasteiger partial charge < -0.3 is 0 Å². The average molecular weight is 352 g/mol. The topological polar surface area (TPSA) is 65.6 Å². The standard InChI is InChI=1S/C18H14ClN5O/c1-12-5-7-15(8-6-12)24-17-16(21-22-24)18(25)23(11-20-17)10-13-3-2-4-14(19)9-13/h2-9,11H,10H2,1H3. The van der Waals surface area contributed by atoms with Crippen LogP contribution < -0.4 is 5.56 Å². The summed E-state index contributed by atoms with van der Waals surface area (Å²) in [6.07, 6.45) is 1.51. The van der Waals surface area contributed by atoms with Gasteiger partial charge in [-0.2, -0.15) is 4.68 Å². The molecule has 4 rings (SSSR count). The molecule has 0 aliphatic rings. The first kappa shape index (κ1) is 15.5. The van der Waals surface area contributed by atoms with Crippen molar-refractivity contribution in [2.75, 3.05) is 0 Å². The van der Waals surface area contributed by atoms with Crippen LogP contribution in [0.1, 0.15) is 11.1 Å². The maximum atomic E-state index is 12.7. The van der Waals surface area contributed by atoms with Crippen molar-refractivity contribution in [3.63, 3.8) is 0 Å². The van der Waals surface area contributed by atoms with Gasteiger partial charge in [0.1, 0.15) is 6.33 Å². The van der Waals surface area contributed by atoms with E-state index in [-0.39, 0.29) is 11.1 Å². The van der Waals surface area contributed by atoms with Crippen molar-refractivity contribution >= 4 is 22.8 Å². The number of nitrogens with zero attached hydrogens (tertiary/aromatic N) is 5. The molecular weight excluding hydrogens is 338 g/mol. The number of fused-ring (bicyclic) bond motifs is 1. The highest BCUT2D eigenvalue weighted by molar-refractivity contribution is 6.30. The van der Waals surface area contributed by atoms with E-state index in [1.54, 1.807) is 10.7 Å². The van der Waals surface area contributed by atoms with Crippen molar-refractivity contribution in [2.24, 2.45) is 0 Å². The molecule has 2 heterocycles. The van der Waals surface area contributed by atoms with Gasteiger partial charge >= 0.3 is 0 Å². The van der Waals surface area contributed by atoms with Crippen molar-refractivity contribution < 1.29 is 0 Å². The predicted molar refractivity (Wildman–Crippen MR) is 96.2 cm³/mol. The first-order valence-corrected chi connectivity index (χ1v) is 8.12. The zero-order valence-electron chi connectivity index (χ0n) is 13.4. The van der Waals surface area contributed by atoms with Crippen LogP contribution in [0.4, 0.5) is 0 Å². The lowest BCUT2D eigenvalue weighted by Gasteiger charge is -2.06. The second-order valence-corrected chi connectivity index (χ2v) is 6.25. The smallest absolute Gasteiger partial charge is 0.283 e. The Kier molecular flexibility index (Phi) is 3.82. The van der Waals surface area contributed by atoms with Crippen molar-refractivity contribution in [1.29, 1.82) is 0 Å². The third kappa shape index (κ3) is 2.92. The van der Waals surface area contributed by atoms with Gasteiger partial charge in [-0.3, -0.25) is 9.36 Å². The third-order valence-electron chi connectivity index (χ3n) is 3.95.